The Bertz CT molecular complexity index is 655. The number of amides is 3. The van der Waals surface area contributed by atoms with Crippen molar-refractivity contribution in [2.45, 2.75) is 64.2 Å². The Balaban J connectivity index is 1.80. The Morgan fingerprint density at radius 3 is 2.70 bits per heavy atom. The quantitative estimate of drug-likeness (QED) is 0.443. The molecule has 1 fully saturated rings. The molecule has 1 aromatic rings. The van der Waals surface area contributed by atoms with Gasteiger partial charge in [-0.2, -0.15) is 0 Å². The van der Waals surface area contributed by atoms with Gasteiger partial charge in [0.15, 0.2) is 0 Å². The molecular weight excluding hydrogens is 368 g/mol. The van der Waals surface area contributed by atoms with Gasteiger partial charge < -0.3 is 15.2 Å². The summed E-state index contributed by atoms with van der Waals surface area (Å²) in [6.07, 6.45) is 3.80. The molecular formula is C20H29ClN2O4. The topological polar surface area (TPSA) is 78.9 Å². The third kappa shape index (κ3) is 5.92. The first kappa shape index (κ1) is 21.7. The number of hydrogen-bond donors (Lipinski definition) is 2. The summed E-state index contributed by atoms with van der Waals surface area (Å²) < 4.78 is 5.48. The van der Waals surface area contributed by atoms with Crippen LogP contribution >= 0.6 is 11.6 Å². The molecule has 1 saturated heterocycles. The summed E-state index contributed by atoms with van der Waals surface area (Å²) >= 11 is 6.06. The van der Waals surface area contributed by atoms with Crippen LogP contribution in [0.4, 0.5) is 4.79 Å². The van der Waals surface area contributed by atoms with Crippen LogP contribution in [0.5, 0.6) is 0 Å². The Morgan fingerprint density at radius 1 is 1.26 bits per heavy atom. The molecule has 150 valence electrons. The lowest BCUT2D eigenvalue weighted by Crippen LogP contribution is -2.44. The van der Waals surface area contributed by atoms with E-state index >= 15 is 0 Å². The largest absolute Gasteiger partial charge is 0.389 e. The van der Waals surface area contributed by atoms with Crippen LogP contribution in [0.2, 0.25) is 5.02 Å². The molecule has 6 nitrogen and oxygen atoms in total. The van der Waals surface area contributed by atoms with E-state index in [0.717, 1.165) is 36.1 Å². The summed E-state index contributed by atoms with van der Waals surface area (Å²) in [5.74, 6) is -0.283. The fourth-order valence-corrected chi connectivity index (χ4v) is 3.36. The first-order valence-electron chi connectivity index (χ1n) is 9.50. The SMILES string of the molecule is CCCCCC[C@]1(C)NC(=O)N(C[C@H](O)COCc2ccccc2Cl)C1=O. The van der Waals surface area contributed by atoms with E-state index in [0.29, 0.717) is 11.4 Å². The number of aliphatic hydroxyl groups excluding tert-OH is 1. The number of nitrogens with one attached hydrogen (secondary N) is 1. The first-order valence-corrected chi connectivity index (χ1v) is 9.88. The van der Waals surface area contributed by atoms with Crippen molar-refractivity contribution in [3.8, 4) is 0 Å². The maximum atomic E-state index is 12.7. The highest BCUT2D eigenvalue weighted by Gasteiger charge is 2.47. The van der Waals surface area contributed by atoms with Crippen molar-refractivity contribution in [2.24, 2.45) is 0 Å². The molecule has 1 aliphatic heterocycles. The van der Waals surface area contributed by atoms with Crippen LogP contribution in [0.25, 0.3) is 0 Å². The molecule has 1 aliphatic rings. The normalized spacial score (nSPS) is 20.8. The van der Waals surface area contributed by atoms with Gasteiger partial charge in [0, 0.05) is 5.02 Å². The van der Waals surface area contributed by atoms with Gasteiger partial charge in [-0.05, 0) is 25.0 Å². The predicted molar refractivity (Wildman–Crippen MR) is 105 cm³/mol. The molecule has 3 amide bonds. The predicted octanol–water partition coefficient (Wildman–Crippen LogP) is 3.50. The lowest BCUT2D eigenvalue weighted by molar-refractivity contribution is -0.132. The molecule has 2 N–H and O–H groups in total. The Hall–Kier alpha value is -1.63. The van der Waals surface area contributed by atoms with Gasteiger partial charge in [0.2, 0.25) is 0 Å². The van der Waals surface area contributed by atoms with E-state index in [2.05, 4.69) is 12.2 Å². The number of benzene rings is 1. The van der Waals surface area contributed by atoms with Crippen LogP contribution in [0, 0.1) is 0 Å². The van der Waals surface area contributed by atoms with Crippen molar-refractivity contribution in [3.05, 3.63) is 34.9 Å². The van der Waals surface area contributed by atoms with Crippen LogP contribution in [0.15, 0.2) is 24.3 Å². The van der Waals surface area contributed by atoms with Gasteiger partial charge in [-0.15, -0.1) is 0 Å². The maximum Gasteiger partial charge on any atom is 0.325 e. The summed E-state index contributed by atoms with van der Waals surface area (Å²) in [6, 6.07) is 6.84. The van der Waals surface area contributed by atoms with Crippen LogP contribution < -0.4 is 5.32 Å². The number of halogens is 1. The van der Waals surface area contributed by atoms with Crippen molar-refractivity contribution in [3.63, 3.8) is 0 Å². The molecule has 0 aliphatic carbocycles. The van der Waals surface area contributed by atoms with Gasteiger partial charge in [0.1, 0.15) is 5.54 Å². The molecule has 0 spiro atoms. The van der Waals surface area contributed by atoms with Crippen LogP contribution in [0.1, 0.15) is 51.5 Å². The number of nitrogens with zero attached hydrogens (tertiary/aromatic N) is 1. The molecule has 1 aromatic carbocycles. The second kappa shape index (κ2) is 10.1. The number of hydrogen-bond acceptors (Lipinski definition) is 4. The third-order valence-corrected chi connectivity index (χ3v) is 5.16. The highest BCUT2D eigenvalue weighted by molar-refractivity contribution is 6.31. The summed E-state index contributed by atoms with van der Waals surface area (Å²) in [4.78, 5) is 25.9. The van der Waals surface area contributed by atoms with E-state index in [4.69, 9.17) is 16.3 Å². The van der Waals surface area contributed by atoms with E-state index in [-0.39, 0.29) is 25.7 Å². The van der Waals surface area contributed by atoms with Gasteiger partial charge in [0.25, 0.3) is 5.91 Å². The summed E-state index contributed by atoms with van der Waals surface area (Å²) in [5, 5.41) is 13.5. The molecule has 0 aromatic heterocycles. The Kier molecular flexibility index (Phi) is 8.07. The highest BCUT2D eigenvalue weighted by atomic mass is 35.5. The van der Waals surface area contributed by atoms with E-state index in [1.807, 2.05) is 18.2 Å². The van der Waals surface area contributed by atoms with Gasteiger partial charge in [-0.25, -0.2) is 4.79 Å². The molecule has 0 radical (unpaired) electrons. The number of urea groups is 1. The number of imide groups is 1. The minimum Gasteiger partial charge on any atom is -0.389 e. The number of carbonyl (C=O) groups excluding carboxylic acids is 2. The lowest BCUT2D eigenvalue weighted by atomic mass is 9.94. The average Bonchev–Trinajstić information content (AvgIpc) is 2.84. The molecule has 1 heterocycles. The Labute approximate surface area is 165 Å². The molecule has 27 heavy (non-hydrogen) atoms. The van der Waals surface area contributed by atoms with Crippen molar-refractivity contribution in [1.82, 2.24) is 10.2 Å². The van der Waals surface area contributed by atoms with Gasteiger partial charge in [-0.1, -0.05) is 62.4 Å². The smallest absolute Gasteiger partial charge is 0.325 e. The van der Waals surface area contributed by atoms with E-state index in [9.17, 15) is 14.7 Å². The van der Waals surface area contributed by atoms with E-state index in [1.54, 1.807) is 13.0 Å². The zero-order chi connectivity index (χ0) is 19.9. The minimum atomic E-state index is -0.954. The van der Waals surface area contributed by atoms with Crippen LogP contribution in [0.3, 0.4) is 0 Å². The Morgan fingerprint density at radius 2 is 2.00 bits per heavy atom. The second-order valence-electron chi connectivity index (χ2n) is 7.25. The number of aliphatic hydroxyl groups is 1. The fraction of sp³-hybridized carbons (Fsp3) is 0.600. The lowest BCUT2D eigenvalue weighted by Gasteiger charge is -2.22. The number of rotatable bonds is 11. The van der Waals surface area contributed by atoms with Gasteiger partial charge in [-0.3, -0.25) is 9.69 Å². The van der Waals surface area contributed by atoms with Gasteiger partial charge in [0.05, 0.1) is 25.9 Å². The van der Waals surface area contributed by atoms with Gasteiger partial charge >= 0.3 is 6.03 Å². The summed E-state index contributed by atoms with van der Waals surface area (Å²) in [7, 11) is 0. The molecule has 0 unspecified atom stereocenters. The zero-order valence-corrected chi connectivity index (χ0v) is 16.8. The minimum absolute atomic E-state index is 0.00942. The molecule has 2 atom stereocenters. The maximum absolute atomic E-state index is 12.7. The first-order chi connectivity index (χ1) is 12.9. The van der Waals surface area contributed by atoms with Crippen molar-refractivity contribution >= 4 is 23.5 Å². The number of ether oxygens (including phenoxy) is 1. The second-order valence-corrected chi connectivity index (χ2v) is 7.66. The van der Waals surface area contributed by atoms with Crippen LogP contribution in [-0.4, -0.2) is 46.7 Å². The number of carbonyl (C=O) groups is 2. The third-order valence-electron chi connectivity index (χ3n) is 4.79. The molecule has 0 saturated carbocycles. The monoisotopic (exact) mass is 396 g/mol. The summed E-state index contributed by atoms with van der Waals surface area (Å²) in [6.45, 7) is 4.06. The zero-order valence-electron chi connectivity index (χ0n) is 16.0. The van der Waals surface area contributed by atoms with E-state index in [1.165, 1.54) is 0 Å². The van der Waals surface area contributed by atoms with E-state index < -0.39 is 17.7 Å². The van der Waals surface area contributed by atoms with Crippen molar-refractivity contribution < 1.29 is 19.4 Å². The molecule has 7 heteroatoms. The standard InChI is InChI=1S/C20H29ClN2O4/c1-3-4-5-8-11-20(2)18(25)23(19(26)22-20)12-16(24)14-27-13-15-9-6-7-10-17(15)21/h6-7,9-10,16,24H,3-5,8,11-14H2,1-2H3,(H,22,26)/t16-,20-/m0/s1. The molecule has 2 rings (SSSR count). The van der Waals surface area contributed by atoms with Crippen molar-refractivity contribution in [1.29, 1.82) is 0 Å². The number of unbranched alkanes of at least 4 members (excludes halogenated alkanes) is 3. The fourth-order valence-electron chi connectivity index (χ4n) is 3.17. The molecule has 0 bridgehead atoms. The number of β-amino-alcohol motifs (C(OH)–C–C–N with tert-alkyl or cyclic N) is 1. The highest BCUT2D eigenvalue weighted by Crippen LogP contribution is 2.24. The van der Waals surface area contributed by atoms with Crippen LogP contribution in [-0.2, 0) is 16.1 Å². The van der Waals surface area contributed by atoms with Crippen molar-refractivity contribution in [2.75, 3.05) is 13.2 Å². The average molecular weight is 397 g/mol. The summed E-state index contributed by atoms with van der Waals surface area (Å²) in [5.41, 5.74) is -0.0656.